The summed E-state index contributed by atoms with van der Waals surface area (Å²) in [5.74, 6) is -0.254. The molecule has 0 aliphatic carbocycles. The first kappa shape index (κ1) is 19.0. The molecule has 1 fully saturated rings. The van der Waals surface area contributed by atoms with Gasteiger partial charge in [0, 0.05) is 51.3 Å². The van der Waals surface area contributed by atoms with Gasteiger partial charge in [-0.25, -0.2) is 0 Å². The van der Waals surface area contributed by atoms with Crippen molar-refractivity contribution in [3.05, 3.63) is 59.1 Å². The van der Waals surface area contributed by atoms with Crippen molar-refractivity contribution in [2.75, 3.05) is 42.9 Å². The van der Waals surface area contributed by atoms with Gasteiger partial charge < -0.3 is 10.2 Å². The molecule has 4 rings (SSSR count). The van der Waals surface area contributed by atoms with Crippen LogP contribution in [0.2, 0.25) is 5.02 Å². The van der Waals surface area contributed by atoms with E-state index in [2.05, 4.69) is 15.1 Å². The van der Waals surface area contributed by atoms with Crippen LogP contribution in [0.25, 0.3) is 0 Å². The Morgan fingerprint density at radius 2 is 1.75 bits per heavy atom. The molecule has 28 heavy (non-hydrogen) atoms. The third-order valence-corrected chi connectivity index (χ3v) is 5.95. The molecule has 0 saturated carbocycles. The largest absolute Gasteiger partial charge is 0.368 e. The molecule has 0 aromatic heterocycles. The first-order valence-corrected chi connectivity index (χ1v) is 10.1. The molecule has 0 spiro atoms. The molecular formula is C22H24ClN3O2. The van der Waals surface area contributed by atoms with Gasteiger partial charge in [0.2, 0.25) is 5.91 Å². The Morgan fingerprint density at radius 3 is 2.54 bits per heavy atom. The number of carbonyl (C=O) groups excluding carboxylic acids is 2. The molecule has 0 bridgehead atoms. The zero-order valence-corrected chi connectivity index (χ0v) is 16.5. The van der Waals surface area contributed by atoms with Gasteiger partial charge in [0.1, 0.15) is 5.78 Å². The number of anilines is 2. The predicted octanol–water partition coefficient (Wildman–Crippen LogP) is 3.55. The van der Waals surface area contributed by atoms with E-state index < -0.39 is 0 Å². The van der Waals surface area contributed by atoms with Gasteiger partial charge in [-0.05, 0) is 23.8 Å². The third-order valence-electron chi connectivity index (χ3n) is 5.63. The van der Waals surface area contributed by atoms with Gasteiger partial charge in [0.05, 0.1) is 16.6 Å². The van der Waals surface area contributed by atoms with Crippen LogP contribution in [-0.2, 0) is 9.59 Å². The molecule has 1 atom stereocenters. The number of fused-ring (bicyclic) bond motifs is 1. The fourth-order valence-corrected chi connectivity index (χ4v) is 4.32. The first-order chi connectivity index (χ1) is 13.6. The van der Waals surface area contributed by atoms with Crippen LogP contribution in [0, 0.1) is 0 Å². The van der Waals surface area contributed by atoms with Crippen molar-refractivity contribution in [1.29, 1.82) is 0 Å². The summed E-state index contributed by atoms with van der Waals surface area (Å²) in [5.41, 5.74) is 2.78. The second-order valence-electron chi connectivity index (χ2n) is 7.39. The van der Waals surface area contributed by atoms with E-state index in [1.54, 1.807) is 0 Å². The zero-order chi connectivity index (χ0) is 19.5. The zero-order valence-electron chi connectivity index (χ0n) is 15.7. The van der Waals surface area contributed by atoms with E-state index >= 15 is 0 Å². The maximum atomic E-state index is 12.8. The highest BCUT2D eigenvalue weighted by Gasteiger charge is 2.30. The minimum Gasteiger partial charge on any atom is -0.368 e. The number of para-hydroxylation sites is 2. The average molecular weight is 398 g/mol. The van der Waals surface area contributed by atoms with E-state index in [9.17, 15) is 9.59 Å². The molecule has 2 aromatic rings. The van der Waals surface area contributed by atoms with Crippen LogP contribution in [0.3, 0.4) is 0 Å². The fraction of sp³-hybridized carbons (Fsp3) is 0.364. The Kier molecular flexibility index (Phi) is 5.64. The van der Waals surface area contributed by atoms with Crippen LogP contribution >= 0.6 is 11.6 Å². The van der Waals surface area contributed by atoms with Crippen molar-refractivity contribution in [1.82, 2.24) is 4.90 Å². The van der Waals surface area contributed by atoms with Crippen molar-refractivity contribution in [2.24, 2.45) is 0 Å². The number of benzene rings is 2. The van der Waals surface area contributed by atoms with E-state index in [-0.39, 0.29) is 24.0 Å². The number of piperazine rings is 1. The number of nitrogens with one attached hydrogen (secondary N) is 1. The van der Waals surface area contributed by atoms with Crippen LogP contribution in [0.1, 0.15) is 24.3 Å². The second kappa shape index (κ2) is 8.33. The Hall–Kier alpha value is -2.37. The molecule has 6 heteroatoms. The number of hydrogen-bond donors (Lipinski definition) is 1. The summed E-state index contributed by atoms with van der Waals surface area (Å²) in [4.78, 5) is 29.4. The highest BCUT2D eigenvalue weighted by Crippen LogP contribution is 2.33. The average Bonchev–Trinajstić information content (AvgIpc) is 2.72. The quantitative estimate of drug-likeness (QED) is 0.838. The number of halogens is 1. The molecule has 5 nitrogen and oxygen atoms in total. The molecule has 1 amide bonds. The molecule has 2 aromatic carbocycles. The Morgan fingerprint density at radius 1 is 1.04 bits per heavy atom. The minimum absolute atomic E-state index is 0.0783. The Bertz CT molecular complexity index is 878. The van der Waals surface area contributed by atoms with E-state index in [0.29, 0.717) is 6.42 Å². The molecule has 2 aliphatic rings. The maximum Gasteiger partial charge on any atom is 0.225 e. The lowest BCUT2D eigenvalue weighted by atomic mass is 9.86. The van der Waals surface area contributed by atoms with Crippen molar-refractivity contribution in [3.8, 4) is 0 Å². The standard InChI is InChI=1S/C22H24ClN3O2/c23-18-6-2-4-8-20(18)26-13-11-25(12-14-26)10-9-21(27)17-15-22(28)24-19-7-3-1-5-16(17)19/h1-8,17H,9-15H2,(H,24,28). The van der Waals surface area contributed by atoms with Crippen molar-refractivity contribution < 1.29 is 9.59 Å². The van der Waals surface area contributed by atoms with Gasteiger partial charge >= 0.3 is 0 Å². The SMILES string of the molecule is O=C1CC(C(=O)CCN2CCN(c3ccccc3Cl)CC2)c2ccccc2N1. The lowest BCUT2D eigenvalue weighted by Gasteiger charge is -2.36. The van der Waals surface area contributed by atoms with Gasteiger partial charge in [-0.1, -0.05) is 41.9 Å². The maximum absolute atomic E-state index is 12.8. The van der Waals surface area contributed by atoms with Gasteiger partial charge in [-0.2, -0.15) is 0 Å². The lowest BCUT2D eigenvalue weighted by Crippen LogP contribution is -2.47. The van der Waals surface area contributed by atoms with Crippen LogP contribution in [-0.4, -0.2) is 49.3 Å². The summed E-state index contributed by atoms with van der Waals surface area (Å²) in [6.45, 7) is 4.33. The number of nitrogens with zero attached hydrogens (tertiary/aromatic N) is 2. The number of carbonyl (C=O) groups is 2. The van der Waals surface area contributed by atoms with Crippen LogP contribution in [0.5, 0.6) is 0 Å². The molecule has 0 radical (unpaired) electrons. The molecule has 2 heterocycles. The summed E-state index contributed by atoms with van der Waals surface area (Å²) >= 11 is 6.30. The topological polar surface area (TPSA) is 52.7 Å². The van der Waals surface area contributed by atoms with Gasteiger partial charge in [-0.15, -0.1) is 0 Å². The van der Waals surface area contributed by atoms with E-state index in [1.807, 2.05) is 48.5 Å². The summed E-state index contributed by atoms with van der Waals surface area (Å²) in [7, 11) is 0. The summed E-state index contributed by atoms with van der Waals surface area (Å²) < 4.78 is 0. The van der Waals surface area contributed by atoms with Gasteiger partial charge in [-0.3, -0.25) is 14.5 Å². The molecule has 1 N–H and O–H groups in total. The highest BCUT2D eigenvalue weighted by molar-refractivity contribution is 6.33. The smallest absolute Gasteiger partial charge is 0.225 e. The van der Waals surface area contributed by atoms with Crippen LogP contribution in [0.4, 0.5) is 11.4 Å². The Balaban J connectivity index is 1.32. The molecular weight excluding hydrogens is 374 g/mol. The fourth-order valence-electron chi connectivity index (χ4n) is 4.06. The van der Waals surface area contributed by atoms with Gasteiger partial charge in [0.15, 0.2) is 0 Å². The molecule has 1 unspecified atom stereocenters. The number of hydrogen-bond acceptors (Lipinski definition) is 4. The third kappa shape index (κ3) is 4.05. The number of Topliss-reactive ketones (excluding diaryl/α,β-unsaturated/α-hetero) is 1. The predicted molar refractivity (Wildman–Crippen MR) is 112 cm³/mol. The van der Waals surface area contributed by atoms with E-state index in [0.717, 1.165) is 54.7 Å². The lowest BCUT2D eigenvalue weighted by molar-refractivity contribution is -0.125. The molecule has 146 valence electrons. The summed E-state index contributed by atoms with van der Waals surface area (Å²) in [6, 6.07) is 15.5. The van der Waals surface area contributed by atoms with E-state index in [4.69, 9.17) is 11.6 Å². The molecule has 2 aliphatic heterocycles. The number of ketones is 1. The minimum atomic E-state index is -0.325. The van der Waals surface area contributed by atoms with E-state index in [1.165, 1.54) is 0 Å². The van der Waals surface area contributed by atoms with Crippen molar-refractivity contribution >= 4 is 34.7 Å². The highest BCUT2D eigenvalue weighted by atomic mass is 35.5. The first-order valence-electron chi connectivity index (χ1n) is 9.75. The van der Waals surface area contributed by atoms with Crippen LogP contribution < -0.4 is 10.2 Å². The van der Waals surface area contributed by atoms with Crippen LogP contribution in [0.15, 0.2) is 48.5 Å². The molecule has 1 saturated heterocycles. The second-order valence-corrected chi connectivity index (χ2v) is 7.80. The summed E-state index contributed by atoms with van der Waals surface area (Å²) in [5, 5.41) is 3.64. The van der Waals surface area contributed by atoms with Crippen molar-refractivity contribution in [3.63, 3.8) is 0 Å². The number of rotatable bonds is 5. The number of amides is 1. The van der Waals surface area contributed by atoms with Gasteiger partial charge in [0.25, 0.3) is 0 Å². The van der Waals surface area contributed by atoms with Crippen molar-refractivity contribution in [2.45, 2.75) is 18.8 Å². The Labute approximate surface area is 170 Å². The summed E-state index contributed by atoms with van der Waals surface area (Å²) in [6.07, 6.45) is 0.717. The monoisotopic (exact) mass is 397 g/mol. The normalized spacial score (nSPS) is 19.8.